The van der Waals surface area contributed by atoms with Crippen molar-refractivity contribution in [1.82, 2.24) is 19.8 Å². The fraction of sp³-hybridized carbons (Fsp3) is 0.524. The van der Waals surface area contributed by atoms with Gasteiger partial charge < -0.3 is 20.2 Å². The number of nitrogens with zero attached hydrogens (tertiary/aromatic N) is 4. The highest BCUT2D eigenvalue weighted by molar-refractivity contribution is 5.28. The molecule has 4 unspecified atom stereocenters. The van der Waals surface area contributed by atoms with Crippen molar-refractivity contribution in [2.24, 2.45) is 10.8 Å². The molecule has 2 bridgehead atoms. The fourth-order valence-corrected chi connectivity index (χ4v) is 5.77. The van der Waals surface area contributed by atoms with Crippen LogP contribution in [0.3, 0.4) is 0 Å². The predicted molar refractivity (Wildman–Crippen MR) is 104 cm³/mol. The van der Waals surface area contributed by atoms with Gasteiger partial charge in [-0.15, -0.1) is 0 Å². The molecule has 0 aliphatic carbocycles. The Morgan fingerprint density at radius 2 is 1.36 bits per heavy atom. The molecule has 7 nitrogen and oxygen atoms in total. The molecule has 0 saturated carbocycles. The summed E-state index contributed by atoms with van der Waals surface area (Å²) in [5, 5.41) is 32.8. The van der Waals surface area contributed by atoms with Gasteiger partial charge in [0.15, 0.2) is 0 Å². The van der Waals surface area contributed by atoms with Crippen LogP contribution in [0.25, 0.3) is 0 Å². The van der Waals surface area contributed by atoms with Gasteiger partial charge in [0.05, 0.1) is 53.6 Å². The molecule has 4 atom stereocenters. The van der Waals surface area contributed by atoms with Crippen LogP contribution in [0.1, 0.15) is 23.5 Å². The van der Waals surface area contributed by atoms with E-state index >= 15 is 0 Å². The Balaban J connectivity index is 1.96. The molecule has 2 fully saturated rings. The Kier molecular flexibility index (Phi) is 4.97. The third-order valence-electron chi connectivity index (χ3n) is 6.65. The summed E-state index contributed by atoms with van der Waals surface area (Å²) in [5.74, 6) is 0. The van der Waals surface area contributed by atoms with Crippen molar-refractivity contribution in [3.63, 3.8) is 0 Å². The van der Waals surface area contributed by atoms with Crippen LogP contribution in [0.5, 0.6) is 0 Å². The van der Waals surface area contributed by atoms with Crippen molar-refractivity contribution in [2.45, 2.75) is 18.2 Å². The van der Waals surface area contributed by atoms with Crippen molar-refractivity contribution < 1.29 is 15.3 Å². The lowest BCUT2D eigenvalue weighted by atomic mass is 9.54. The molecule has 0 aromatic carbocycles. The standard InChI is InChI=1S/C21H28N4O3/c1-24-11-20(13-26)17(15-7-3-5-9-22-15)25(2)18(16-8-4-6-10-23-16)21(12-24,14-27)19(20)28/h3-10,17-19,26-28H,11-14H2,1-2H3. The van der Waals surface area contributed by atoms with Crippen LogP contribution < -0.4 is 0 Å². The van der Waals surface area contributed by atoms with Crippen molar-refractivity contribution in [3.8, 4) is 0 Å². The van der Waals surface area contributed by atoms with E-state index in [1.807, 2.05) is 50.5 Å². The maximum Gasteiger partial charge on any atom is 0.0759 e. The molecule has 0 radical (unpaired) electrons. The number of fused-ring (bicyclic) bond motifs is 2. The Hall–Kier alpha value is -1.90. The molecule has 2 aromatic rings. The Morgan fingerprint density at radius 1 is 0.893 bits per heavy atom. The molecule has 150 valence electrons. The minimum Gasteiger partial charge on any atom is -0.396 e. The van der Waals surface area contributed by atoms with E-state index in [1.165, 1.54) is 0 Å². The number of piperidine rings is 2. The average Bonchev–Trinajstić information content (AvgIpc) is 2.72. The quantitative estimate of drug-likeness (QED) is 0.706. The first kappa shape index (κ1) is 19.4. The number of likely N-dealkylation sites (tertiary alicyclic amines) is 2. The first-order valence-electron chi connectivity index (χ1n) is 9.62. The topological polar surface area (TPSA) is 93.0 Å². The molecular formula is C21H28N4O3. The molecule has 0 spiro atoms. The van der Waals surface area contributed by atoms with E-state index in [2.05, 4.69) is 19.8 Å². The zero-order valence-electron chi connectivity index (χ0n) is 16.3. The summed E-state index contributed by atoms with van der Waals surface area (Å²) in [4.78, 5) is 13.4. The smallest absolute Gasteiger partial charge is 0.0759 e. The average molecular weight is 384 g/mol. The van der Waals surface area contributed by atoms with Gasteiger partial charge in [-0.3, -0.25) is 14.9 Å². The van der Waals surface area contributed by atoms with E-state index in [0.717, 1.165) is 11.4 Å². The summed E-state index contributed by atoms with van der Waals surface area (Å²) in [6, 6.07) is 10.8. The first-order valence-corrected chi connectivity index (χ1v) is 9.62. The molecule has 2 aliphatic rings. The van der Waals surface area contributed by atoms with Gasteiger partial charge in [-0.1, -0.05) is 12.1 Å². The van der Waals surface area contributed by atoms with Crippen molar-refractivity contribution in [3.05, 3.63) is 60.2 Å². The van der Waals surface area contributed by atoms with Gasteiger partial charge in [-0.25, -0.2) is 0 Å². The van der Waals surface area contributed by atoms with E-state index in [-0.39, 0.29) is 25.3 Å². The van der Waals surface area contributed by atoms with E-state index in [4.69, 9.17) is 0 Å². The van der Waals surface area contributed by atoms with Gasteiger partial charge >= 0.3 is 0 Å². The number of aliphatic hydroxyl groups is 3. The maximum absolute atomic E-state index is 11.7. The maximum atomic E-state index is 11.7. The van der Waals surface area contributed by atoms with Gasteiger partial charge in [0.25, 0.3) is 0 Å². The number of hydrogen-bond acceptors (Lipinski definition) is 7. The monoisotopic (exact) mass is 384 g/mol. The number of aliphatic hydroxyl groups excluding tert-OH is 3. The van der Waals surface area contributed by atoms with Gasteiger partial charge in [-0.05, 0) is 38.4 Å². The van der Waals surface area contributed by atoms with Crippen LogP contribution in [-0.4, -0.2) is 81.6 Å². The third-order valence-corrected chi connectivity index (χ3v) is 6.65. The minimum absolute atomic E-state index is 0.208. The zero-order chi connectivity index (χ0) is 19.9. The summed E-state index contributed by atoms with van der Waals surface area (Å²) in [7, 11) is 3.95. The van der Waals surface area contributed by atoms with Crippen molar-refractivity contribution in [1.29, 1.82) is 0 Å². The van der Waals surface area contributed by atoms with E-state index in [9.17, 15) is 15.3 Å². The molecule has 7 heteroatoms. The highest BCUT2D eigenvalue weighted by Gasteiger charge is 2.67. The number of hydrogen-bond donors (Lipinski definition) is 3. The Labute approximate surface area is 165 Å². The highest BCUT2D eigenvalue weighted by atomic mass is 16.3. The second-order valence-electron chi connectivity index (χ2n) is 8.34. The Morgan fingerprint density at radius 3 is 1.71 bits per heavy atom. The molecule has 0 amide bonds. The molecule has 4 rings (SSSR count). The normalized spacial score (nSPS) is 36.4. The van der Waals surface area contributed by atoms with Crippen LogP contribution in [0.15, 0.2) is 48.8 Å². The van der Waals surface area contributed by atoms with Crippen LogP contribution in [-0.2, 0) is 0 Å². The molecule has 2 aromatic heterocycles. The third kappa shape index (κ3) is 2.62. The lowest BCUT2D eigenvalue weighted by Crippen LogP contribution is -2.74. The molecule has 2 aliphatic heterocycles. The largest absolute Gasteiger partial charge is 0.396 e. The van der Waals surface area contributed by atoms with Gasteiger partial charge in [0.1, 0.15) is 0 Å². The molecule has 2 saturated heterocycles. The summed E-state index contributed by atoms with van der Waals surface area (Å²) in [6.07, 6.45) is 2.55. The summed E-state index contributed by atoms with van der Waals surface area (Å²) in [5.41, 5.74) is -0.157. The number of rotatable bonds is 4. The lowest BCUT2D eigenvalue weighted by Gasteiger charge is -2.66. The summed E-state index contributed by atoms with van der Waals surface area (Å²) >= 11 is 0. The molecular weight excluding hydrogens is 356 g/mol. The predicted octanol–water partition coefficient (Wildman–Crippen LogP) is 0.468. The van der Waals surface area contributed by atoms with Crippen LogP contribution in [0.2, 0.25) is 0 Å². The van der Waals surface area contributed by atoms with Crippen LogP contribution in [0, 0.1) is 10.8 Å². The van der Waals surface area contributed by atoms with Crippen molar-refractivity contribution in [2.75, 3.05) is 40.4 Å². The lowest BCUT2D eigenvalue weighted by molar-refractivity contribution is -0.257. The zero-order valence-corrected chi connectivity index (χ0v) is 16.3. The first-order chi connectivity index (χ1) is 13.5. The summed E-state index contributed by atoms with van der Waals surface area (Å²) < 4.78 is 0. The van der Waals surface area contributed by atoms with Gasteiger partial charge in [0, 0.05) is 25.5 Å². The second kappa shape index (κ2) is 7.17. The molecule has 28 heavy (non-hydrogen) atoms. The van der Waals surface area contributed by atoms with E-state index < -0.39 is 16.9 Å². The van der Waals surface area contributed by atoms with Gasteiger partial charge in [0.2, 0.25) is 0 Å². The van der Waals surface area contributed by atoms with Crippen LogP contribution >= 0.6 is 0 Å². The Bertz CT molecular complexity index is 742. The fourth-order valence-electron chi connectivity index (χ4n) is 5.77. The van der Waals surface area contributed by atoms with E-state index in [0.29, 0.717) is 13.1 Å². The van der Waals surface area contributed by atoms with Crippen LogP contribution in [0.4, 0.5) is 0 Å². The summed E-state index contributed by atoms with van der Waals surface area (Å²) in [6.45, 7) is 0.599. The molecule has 3 N–H and O–H groups in total. The van der Waals surface area contributed by atoms with Gasteiger partial charge in [-0.2, -0.15) is 0 Å². The number of pyridine rings is 2. The SMILES string of the molecule is CN1CC2(CO)C(c3ccccn3)N(C)C(c3ccccn3)C(CO)(C1)C2O. The van der Waals surface area contributed by atoms with E-state index in [1.54, 1.807) is 12.4 Å². The molecule has 4 heterocycles. The number of aromatic nitrogens is 2. The highest BCUT2D eigenvalue weighted by Crippen LogP contribution is 2.60. The van der Waals surface area contributed by atoms with Crippen molar-refractivity contribution >= 4 is 0 Å². The second-order valence-corrected chi connectivity index (χ2v) is 8.34. The minimum atomic E-state index is -0.915.